The van der Waals surface area contributed by atoms with E-state index >= 15 is 0 Å². The van der Waals surface area contributed by atoms with Crippen LogP contribution in [-0.2, 0) is 34.2 Å². The fraction of sp³-hybridized carbons (Fsp3) is 0.647. The van der Waals surface area contributed by atoms with Crippen LogP contribution in [0.5, 0.6) is 0 Å². The van der Waals surface area contributed by atoms with Crippen LogP contribution in [0.25, 0.3) is 0 Å². The molecule has 1 heterocycles. The van der Waals surface area contributed by atoms with E-state index in [1.165, 1.54) is 14.2 Å². The molecule has 0 aliphatic rings. The number of hydrogen-bond acceptors (Lipinski definition) is 8. The summed E-state index contributed by atoms with van der Waals surface area (Å²) in [4.78, 5) is 16.1. The first-order valence-corrected chi connectivity index (χ1v) is 10.1. The van der Waals surface area contributed by atoms with Crippen LogP contribution in [0.2, 0.25) is 0 Å². The molecule has 0 fully saturated rings. The number of aryl methyl sites for hydroxylation is 1. The maximum Gasteiger partial charge on any atom is 0.389 e. The minimum atomic E-state index is -3.70. The Morgan fingerprint density at radius 3 is 2.19 bits per heavy atom. The van der Waals surface area contributed by atoms with E-state index < -0.39 is 19.1 Å². The molecule has 0 amide bonds. The van der Waals surface area contributed by atoms with Crippen molar-refractivity contribution >= 4 is 13.6 Å². The molecule has 0 radical (unpaired) electrons. The van der Waals surface area contributed by atoms with Crippen LogP contribution >= 0.6 is 7.60 Å². The molecular weight excluding hydrogens is 361 g/mol. The van der Waals surface area contributed by atoms with Gasteiger partial charge >= 0.3 is 13.6 Å². The van der Waals surface area contributed by atoms with Gasteiger partial charge in [0.2, 0.25) is 0 Å². The molecule has 26 heavy (non-hydrogen) atoms. The predicted octanol–water partition coefficient (Wildman–Crippen LogP) is 3.40. The summed E-state index contributed by atoms with van der Waals surface area (Å²) in [6, 6.07) is 5.04. The number of aromatic nitrogens is 1. The SMILES string of the molecule is CCOC(=O)c1cccc(CCC(OC)(OC)P(=O)(OCC)OCC)n1. The van der Waals surface area contributed by atoms with Crippen LogP contribution in [0.1, 0.15) is 43.4 Å². The minimum absolute atomic E-state index is 0.163. The third-order valence-electron chi connectivity index (χ3n) is 3.64. The van der Waals surface area contributed by atoms with Crippen LogP contribution in [-0.4, -0.2) is 50.5 Å². The van der Waals surface area contributed by atoms with E-state index in [0.29, 0.717) is 12.1 Å². The van der Waals surface area contributed by atoms with Gasteiger partial charge < -0.3 is 23.3 Å². The summed E-state index contributed by atoms with van der Waals surface area (Å²) in [6.45, 7) is 5.79. The summed E-state index contributed by atoms with van der Waals surface area (Å²) < 4.78 is 39.8. The molecule has 1 aromatic rings. The molecule has 9 heteroatoms. The molecule has 0 N–H and O–H groups in total. The highest BCUT2D eigenvalue weighted by Gasteiger charge is 2.52. The van der Waals surface area contributed by atoms with Crippen molar-refractivity contribution < 1.29 is 32.6 Å². The number of esters is 1. The first kappa shape index (κ1) is 22.7. The van der Waals surface area contributed by atoms with Crippen LogP contribution in [0, 0.1) is 0 Å². The molecule has 1 aromatic heterocycles. The van der Waals surface area contributed by atoms with Crippen molar-refractivity contribution in [2.24, 2.45) is 0 Å². The number of carbonyl (C=O) groups excluding carboxylic acids is 1. The van der Waals surface area contributed by atoms with Crippen molar-refractivity contribution in [1.82, 2.24) is 4.98 Å². The molecule has 0 saturated heterocycles. The Labute approximate surface area is 154 Å². The number of pyridine rings is 1. The van der Waals surface area contributed by atoms with Crippen LogP contribution in [0.4, 0.5) is 0 Å². The molecule has 148 valence electrons. The number of carbonyl (C=O) groups is 1. The highest BCUT2D eigenvalue weighted by molar-refractivity contribution is 7.55. The summed E-state index contributed by atoms with van der Waals surface area (Å²) in [7, 11) is -0.932. The van der Waals surface area contributed by atoms with Crippen molar-refractivity contribution in [2.45, 2.75) is 39.1 Å². The molecule has 0 aromatic carbocycles. The fourth-order valence-corrected chi connectivity index (χ4v) is 4.43. The zero-order chi connectivity index (χ0) is 19.6. The van der Waals surface area contributed by atoms with Gasteiger partial charge in [-0.3, -0.25) is 4.57 Å². The van der Waals surface area contributed by atoms with E-state index in [2.05, 4.69) is 4.98 Å². The maximum absolute atomic E-state index is 13.2. The van der Waals surface area contributed by atoms with Gasteiger partial charge in [-0.1, -0.05) is 6.07 Å². The maximum atomic E-state index is 13.2. The number of rotatable bonds is 12. The Kier molecular flexibility index (Phi) is 9.39. The first-order valence-electron chi connectivity index (χ1n) is 8.54. The van der Waals surface area contributed by atoms with Crippen LogP contribution in [0.15, 0.2) is 18.2 Å². The standard InChI is InChI=1S/C17H28NO7P/c1-6-23-16(19)15-11-9-10-14(18-15)12-13-17(21-4,22-5)26(20,24-7-2)25-8-3/h9-11H,6-8,12-13H2,1-5H3. The molecule has 0 bridgehead atoms. The third kappa shape index (κ3) is 5.34. The van der Waals surface area contributed by atoms with E-state index in [1.54, 1.807) is 39.0 Å². The molecule has 0 aliphatic carbocycles. The summed E-state index contributed by atoms with van der Waals surface area (Å²) in [5.74, 6) is -0.492. The molecule has 0 aliphatic heterocycles. The van der Waals surface area contributed by atoms with Gasteiger partial charge in [0.05, 0.1) is 19.8 Å². The average molecular weight is 389 g/mol. The minimum Gasteiger partial charge on any atom is -0.461 e. The Balaban J connectivity index is 3.03. The van der Waals surface area contributed by atoms with Gasteiger partial charge in [-0.25, -0.2) is 9.78 Å². The van der Waals surface area contributed by atoms with Crippen molar-refractivity contribution in [2.75, 3.05) is 34.0 Å². The quantitative estimate of drug-likeness (QED) is 0.305. The second-order valence-electron chi connectivity index (χ2n) is 5.19. The summed E-state index contributed by atoms with van der Waals surface area (Å²) in [5.41, 5.74) is -0.753. The van der Waals surface area contributed by atoms with Gasteiger partial charge in [0.15, 0.2) is 0 Å². The Hall–Kier alpha value is -1.31. The largest absolute Gasteiger partial charge is 0.461 e. The highest BCUT2D eigenvalue weighted by Crippen LogP contribution is 2.62. The first-order chi connectivity index (χ1) is 12.4. The lowest BCUT2D eigenvalue weighted by atomic mass is 10.2. The molecule has 0 saturated carbocycles. The van der Waals surface area contributed by atoms with Gasteiger partial charge in [-0.2, -0.15) is 0 Å². The lowest BCUT2D eigenvalue weighted by Crippen LogP contribution is -2.36. The number of methoxy groups -OCH3 is 2. The Morgan fingerprint density at radius 2 is 1.69 bits per heavy atom. The molecular formula is C17H28NO7P. The normalized spacial score (nSPS) is 12.2. The van der Waals surface area contributed by atoms with Crippen LogP contribution < -0.4 is 0 Å². The van der Waals surface area contributed by atoms with Crippen LogP contribution in [0.3, 0.4) is 0 Å². The van der Waals surface area contributed by atoms with E-state index in [1.807, 2.05) is 0 Å². The second kappa shape index (κ2) is 10.7. The van der Waals surface area contributed by atoms with E-state index in [9.17, 15) is 9.36 Å². The van der Waals surface area contributed by atoms with Gasteiger partial charge in [-0.05, 0) is 39.3 Å². The molecule has 1 rings (SSSR count). The fourth-order valence-electron chi connectivity index (χ4n) is 2.45. The van der Waals surface area contributed by atoms with Crippen molar-refractivity contribution in [3.8, 4) is 0 Å². The van der Waals surface area contributed by atoms with E-state index in [-0.39, 0.29) is 31.9 Å². The van der Waals surface area contributed by atoms with Crippen molar-refractivity contribution in [1.29, 1.82) is 0 Å². The van der Waals surface area contributed by atoms with E-state index in [0.717, 1.165) is 0 Å². The Bertz CT molecular complexity index is 609. The molecule has 0 unspecified atom stereocenters. The number of hydrogen-bond donors (Lipinski definition) is 0. The zero-order valence-electron chi connectivity index (χ0n) is 16.0. The Morgan fingerprint density at radius 1 is 1.08 bits per heavy atom. The third-order valence-corrected chi connectivity index (χ3v) is 6.26. The summed E-state index contributed by atoms with van der Waals surface area (Å²) in [6.07, 6.45) is 0.496. The van der Waals surface area contributed by atoms with Gasteiger partial charge in [0, 0.05) is 26.3 Å². The zero-order valence-corrected chi connectivity index (χ0v) is 16.9. The lowest BCUT2D eigenvalue weighted by Gasteiger charge is -2.36. The van der Waals surface area contributed by atoms with Gasteiger partial charge in [0.1, 0.15) is 5.69 Å². The lowest BCUT2D eigenvalue weighted by molar-refractivity contribution is -0.163. The summed E-state index contributed by atoms with van der Waals surface area (Å²) >= 11 is 0. The van der Waals surface area contributed by atoms with E-state index in [4.69, 9.17) is 23.3 Å². The van der Waals surface area contributed by atoms with Crippen molar-refractivity contribution in [3.63, 3.8) is 0 Å². The smallest absolute Gasteiger partial charge is 0.389 e. The monoisotopic (exact) mass is 389 g/mol. The summed E-state index contributed by atoms with van der Waals surface area (Å²) in [5, 5.41) is 0. The van der Waals surface area contributed by atoms with Gasteiger partial charge in [0.25, 0.3) is 5.53 Å². The predicted molar refractivity (Wildman–Crippen MR) is 96.1 cm³/mol. The molecule has 8 nitrogen and oxygen atoms in total. The highest BCUT2D eigenvalue weighted by atomic mass is 31.2. The topological polar surface area (TPSA) is 93.2 Å². The molecule has 0 spiro atoms. The van der Waals surface area contributed by atoms with Gasteiger partial charge in [-0.15, -0.1) is 0 Å². The second-order valence-corrected chi connectivity index (χ2v) is 7.38. The van der Waals surface area contributed by atoms with Crippen molar-refractivity contribution in [3.05, 3.63) is 29.6 Å². The number of ether oxygens (including phenoxy) is 3. The molecule has 0 atom stereocenters. The average Bonchev–Trinajstić information content (AvgIpc) is 2.63. The number of nitrogens with zero attached hydrogens (tertiary/aromatic N) is 1.